The van der Waals surface area contributed by atoms with Crippen molar-refractivity contribution in [3.8, 4) is 0 Å². The summed E-state index contributed by atoms with van der Waals surface area (Å²) in [6.45, 7) is 12.9. The minimum absolute atomic E-state index is 0.0706. The average Bonchev–Trinajstić information content (AvgIpc) is 2.51. The van der Waals surface area contributed by atoms with Crippen LogP contribution in [0.5, 0.6) is 0 Å². The van der Waals surface area contributed by atoms with E-state index < -0.39 is 45.8 Å². The summed E-state index contributed by atoms with van der Waals surface area (Å²) >= 11 is 0. The number of alkyl carbamates (subject to hydrolysis) is 1. The van der Waals surface area contributed by atoms with Crippen molar-refractivity contribution in [3.63, 3.8) is 0 Å². The maximum absolute atomic E-state index is 12.5. The first-order chi connectivity index (χ1) is 13.4. The Balaban J connectivity index is 5.03. The third-order valence-corrected chi connectivity index (χ3v) is 3.20. The molecule has 0 aromatic carbocycles. The Morgan fingerprint density at radius 3 is 1.93 bits per heavy atom. The third kappa shape index (κ3) is 14.4. The zero-order valence-electron chi connectivity index (χ0n) is 19.0. The van der Waals surface area contributed by atoms with Crippen molar-refractivity contribution in [3.05, 3.63) is 10.1 Å². The van der Waals surface area contributed by atoms with Crippen LogP contribution >= 0.6 is 0 Å². The van der Waals surface area contributed by atoms with Crippen molar-refractivity contribution in [1.82, 2.24) is 5.32 Å². The first-order valence-corrected chi connectivity index (χ1v) is 9.55. The number of ether oxygens (including phenoxy) is 3. The summed E-state index contributed by atoms with van der Waals surface area (Å²) in [6.07, 6.45) is -1.05. The molecule has 0 heterocycles. The molecule has 0 aliphatic rings. The number of nitrogens with zero attached hydrogens (tertiary/aromatic N) is 1. The third-order valence-electron chi connectivity index (χ3n) is 3.20. The number of esters is 2. The Bertz CT molecular complexity index is 618. The lowest BCUT2D eigenvalue weighted by Gasteiger charge is -2.26. The molecule has 0 bridgehead atoms. The van der Waals surface area contributed by atoms with Gasteiger partial charge in [-0.2, -0.15) is 0 Å². The minimum Gasteiger partial charge on any atom is -0.464 e. The number of hydrogen-bond donors (Lipinski definition) is 1. The number of amides is 1. The first-order valence-electron chi connectivity index (χ1n) is 9.55. The number of carbonyl (C=O) groups is 3. The zero-order chi connectivity index (χ0) is 23.8. The van der Waals surface area contributed by atoms with Crippen LogP contribution in [-0.4, -0.2) is 53.6 Å². The summed E-state index contributed by atoms with van der Waals surface area (Å²) in [5.74, 6) is -1.34. The van der Waals surface area contributed by atoms with E-state index >= 15 is 0 Å². The van der Waals surface area contributed by atoms with E-state index in [1.165, 1.54) is 0 Å². The molecule has 0 aromatic heterocycles. The van der Waals surface area contributed by atoms with E-state index in [0.29, 0.717) is 0 Å². The van der Waals surface area contributed by atoms with Gasteiger partial charge in [0, 0.05) is 11.8 Å². The van der Waals surface area contributed by atoms with Crippen LogP contribution in [-0.2, 0) is 28.6 Å². The smallest absolute Gasteiger partial charge is 0.408 e. The van der Waals surface area contributed by atoms with Gasteiger partial charge in [-0.05, 0) is 48.0 Å². The fourth-order valence-electron chi connectivity index (χ4n) is 1.99. The summed E-state index contributed by atoms with van der Waals surface area (Å²) in [6, 6.07) is -1.17. The van der Waals surface area contributed by atoms with Crippen LogP contribution < -0.4 is 5.32 Å². The SMILES string of the molecule is CC(C)(COC(=O)[C@H](CCC(=O)OC(C)(C)C)NC(=O)OC(C)(C)C)CO[N+](=O)[O-]. The van der Waals surface area contributed by atoms with E-state index in [1.54, 1.807) is 55.4 Å². The standard InChI is InChI=1S/C19H34N2O9/c1-17(2,3)29-14(22)10-9-13(20-16(24)30-18(4,5)6)15(23)27-11-19(7,8)12-28-21(25)26/h13H,9-12H2,1-8H3,(H,20,24)/t13-/m0/s1. The van der Waals surface area contributed by atoms with Crippen LogP contribution in [0.3, 0.4) is 0 Å². The van der Waals surface area contributed by atoms with E-state index in [9.17, 15) is 24.5 Å². The lowest BCUT2D eigenvalue weighted by molar-refractivity contribution is -0.760. The van der Waals surface area contributed by atoms with Gasteiger partial charge >= 0.3 is 18.0 Å². The molecular formula is C19H34N2O9. The second-order valence-electron chi connectivity index (χ2n) is 9.59. The fraction of sp³-hybridized carbons (Fsp3) is 0.842. The Hall–Kier alpha value is -2.59. The molecule has 0 fully saturated rings. The van der Waals surface area contributed by atoms with E-state index in [-0.39, 0.29) is 26.1 Å². The van der Waals surface area contributed by atoms with Gasteiger partial charge in [-0.1, -0.05) is 13.8 Å². The highest BCUT2D eigenvalue weighted by Gasteiger charge is 2.29. The zero-order valence-corrected chi connectivity index (χ0v) is 19.0. The molecule has 11 nitrogen and oxygen atoms in total. The highest BCUT2D eigenvalue weighted by Crippen LogP contribution is 2.17. The molecule has 0 spiro atoms. The minimum atomic E-state index is -1.17. The van der Waals surface area contributed by atoms with Crippen LogP contribution in [0.1, 0.15) is 68.2 Å². The Labute approximate surface area is 176 Å². The topological polar surface area (TPSA) is 143 Å². The molecule has 11 heteroatoms. The molecule has 1 amide bonds. The van der Waals surface area contributed by atoms with Gasteiger partial charge in [0.15, 0.2) is 0 Å². The monoisotopic (exact) mass is 434 g/mol. The van der Waals surface area contributed by atoms with Gasteiger partial charge in [-0.25, -0.2) is 9.59 Å². The maximum Gasteiger partial charge on any atom is 0.408 e. The summed E-state index contributed by atoms with van der Waals surface area (Å²) in [5.41, 5.74) is -2.32. The molecule has 0 aliphatic heterocycles. The summed E-state index contributed by atoms with van der Waals surface area (Å²) in [7, 11) is 0. The van der Waals surface area contributed by atoms with Crippen molar-refractivity contribution in [2.24, 2.45) is 5.41 Å². The summed E-state index contributed by atoms with van der Waals surface area (Å²) in [5, 5.41) is 11.8. The number of rotatable bonds is 10. The summed E-state index contributed by atoms with van der Waals surface area (Å²) in [4.78, 5) is 51.2. The number of nitrogens with one attached hydrogen (secondary N) is 1. The van der Waals surface area contributed by atoms with E-state index in [4.69, 9.17) is 14.2 Å². The number of carbonyl (C=O) groups excluding carboxylic acids is 3. The van der Waals surface area contributed by atoms with Crippen LogP contribution in [0.4, 0.5) is 4.79 Å². The Morgan fingerprint density at radius 2 is 1.47 bits per heavy atom. The van der Waals surface area contributed by atoms with Gasteiger partial charge in [-0.15, -0.1) is 10.1 Å². The molecule has 0 aromatic rings. The van der Waals surface area contributed by atoms with Crippen molar-refractivity contribution < 1.29 is 38.5 Å². The van der Waals surface area contributed by atoms with Gasteiger partial charge in [0.25, 0.3) is 5.09 Å². The predicted octanol–water partition coefficient (Wildman–Crippen LogP) is 2.78. The molecule has 0 unspecified atom stereocenters. The molecule has 0 rings (SSSR count). The van der Waals surface area contributed by atoms with Gasteiger partial charge in [0.05, 0.1) is 6.61 Å². The predicted molar refractivity (Wildman–Crippen MR) is 106 cm³/mol. The summed E-state index contributed by atoms with van der Waals surface area (Å²) < 4.78 is 15.6. The van der Waals surface area contributed by atoms with Crippen LogP contribution in [0.25, 0.3) is 0 Å². The van der Waals surface area contributed by atoms with Crippen LogP contribution in [0.2, 0.25) is 0 Å². The lowest BCUT2D eigenvalue weighted by Crippen LogP contribution is -2.45. The van der Waals surface area contributed by atoms with Gasteiger partial charge < -0.3 is 24.4 Å². The van der Waals surface area contributed by atoms with Gasteiger partial charge in [0.1, 0.15) is 23.9 Å². The van der Waals surface area contributed by atoms with Gasteiger partial charge in [0.2, 0.25) is 0 Å². The van der Waals surface area contributed by atoms with Crippen LogP contribution in [0, 0.1) is 15.5 Å². The highest BCUT2D eigenvalue weighted by molar-refractivity contribution is 5.82. The quantitative estimate of drug-likeness (QED) is 0.237. The van der Waals surface area contributed by atoms with Gasteiger partial charge in [-0.3, -0.25) is 4.79 Å². The van der Waals surface area contributed by atoms with E-state index in [1.807, 2.05) is 0 Å². The normalized spacial score (nSPS) is 13.1. The highest BCUT2D eigenvalue weighted by atomic mass is 16.9. The maximum atomic E-state index is 12.5. The average molecular weight is 434 g/mol. The van der Waals surface area contributed by atoms with Crippen molar-refractivity contribution in [2.75, 3.05) is 13.2 Å². The van der Waals surface area contributed by atoms with Crippen molar-refractivity contribution in [2.45, 2.75) is 85.5 Å². The molecule has 0 saturated carbocycles. The fourth-order valence-corrected chi connectivity index (χ4v) is 1.99. The molecule has 30 heavy (non-hydrogen) atoms. The molecule has 0 radical (unpaired) electrons. The molecule has 0 saturated heterocycles. The number of hydrogen-bond acceptors (Lipinski definition) is 9. The lowest BCUT2D eigenvalue weighted by atomic mass is 9.96. The first kappa shape index (κ1) is 27.4. The molecule has 0 aliphatic carbocycles. The van der Waals surface area contributed by atoms with E-state index in [0.717, 1.165) is 0 Å². The largest absolute Gasteiger partial charge is 0.464 e. The van der Waals surface area contributed by atoms with Crippen LogP contribution in [0.15, 0.2) is 0 Å². The van der Waals surface area contributed by atoms with Crippen molar-refractivity contribution in [1.29, 1.82) is 0 Å². The Kier molecular flexibility index (Phi) is 10.0. The molecule has 1 N–H and O–H groups in total. The second kappa shape index (κ2) is 11.0. The Morgan fingerprint density at radius 1 is 0.933 bits per heavy atom. The molecule has 174 valence electrons. The van der Waals surface area contributed by atoms with E-state index in [2.05, 4.69) is 10.2 Å². The second-order valence-corrected chi connectivity index (χ2v) is 9.59. The molecule has 1 atom stereocenters. The molecular weight excluding hydrogens is 400 g/mol. The van der Waals surface area contributed by atoms with Crippen molar-refractivity contribution >= 4 is 18.0 Å².